The number of aromatic nitrogens is 18. The van der Waals surface area contributed by atoms with E-state index in [0.29, 0.717) is 67.9 Å². The zero-order chi connectivity index (χ0) is 96.9. The number of aryl methyl sites for hydroxylation is 4. The number of alkyl halides is 1. The van der Waals surface area contributed by atoms with Gasteiger partial charge in [0.1, 0.15) is 15.1 Å². The number of anilines is 4. The Bertz CT molecular complexity index is 7260. The van der Waals surface area contributed by atoms with Gasteiger partial charge in [0.05, 0.1) is 95.7 Å². The molecule has 35 heteroatoms. The van der Waals surface area contributed by atoms with Gasteiger partial charge in [0.15, 0.2) is 9.21 Å². The van der Waals surface area contributed by atoms with Crippen molar-refractivity contribution in [2.45, 2.75) is 180 Å². The Balaban J connectivity index is 0.000000114. The number of nitrogens with zero attached hydrogens (tertiary/aromatic N) is 21. The lowest BCUT2D eigenvalue weighted by Gasteiger charge is -2.32. The monoisotopic (exact) mass is 2100 g/mol. The van der Waals surface area contributed by atoms with E-state index in [1.165, 1.54) is 102 Å². The molecule has 4 aromatic carbocycles. The first-order valence-corrected chi connectivity index (χ1v) is 50.9. The first-order chi connectivity index (χ1) is 65.2. The summed E-state index contributed by atoms with van der Waals surface area (Å²) in [5.41, 5.74) is 16.4. The maximum absolute atomic E-state index is 14.2. The van der Waals surface area contributed by atoms with Gasteiger partial charge >= 0.3 is 7.12 Å². The van der Waals surface area contributed by atoms with Gasteiger partial charge in [-0.1, -0.05) is 115 Å². The highest BCUT2D eigenvalue weighted by Crippen LogP contribution is 2.49. The molecule has 13 heterocycles. The van der Waals surface area contributed by atoms with Crippen LogP contribution in [0.1, 0.15) is 181 Å². The Morgan fingerprint density at radius 2 is 0.869 bits per heavy atom. The quantitative estimate of drug-likeness (QED) is 0.0397. The van der Waals surface area contributed by atoms with Gasteiger partial charge in [-0.25, -0.2) is 0 Å². The summed E-state index contributed by atoms with van der Waals surface area (Å²) in [7, 11) is 7.22. The van der Waals surface area contributed by atoms with Crippen molar-refractivity contribution in [2.75, 3.05) is 71.2 Å². The van der Waals surface area contributed by atoms with E-state index >= 15 is 0 Å². The number of benzene rings is 4. The van der Waals surface area contributed by atoms with Gasteiger partial charge < -0.3 is 29.3 Å². The summed E-state index contributed by atoms with van der Waals surface area (Å²) < 4.78 is 25.8. The second-order valence-electron chi connectivity index (χ2n) is 40.8. The van der Waals surface area contributed by atoms with Gasteiger partial charge in [-0.15, -0.1) is 0 Å². The van der Waals surface area contributed by atoms with Crippen LogP contribution in [0.4, 0.5) is 22.7 Å². The Morgan fingerprint density at radius 1 is 0.474 bits per heavy atom. The highest BCUT2D eigenvalue weighted by molar-refractivity contribution is 9.10. The molecule has 9 aliphatic rings. The Hall–Kier alpha value is -10.4. The molecular formula is C102H115BBr3Cl3N22O6. The van der Waals surface area contributed by atoms with Crippen LogP contribution in [-0.4, -0.2) is 158 Å². The van der Waals surface area contributed by atoms with Gasteiger partial charge in [-0.2, -0.15) is 59.5 Å². The third-order valence-corrected chi connectivity index (χ3v) is 29.8. The average molecular weight is 2100 g/mol. The van der Waals surface area contributed by atoms with Crippen LogP contribution >= 0.6 is 82.6 Å². The molecule has 6 saturated carbocycles. The molecule has 0 unspecified atom stereocenters. The number of pyridine rings is 2. The lowest BCUT2D eigenvalue weighted by atomic mass is 9.80. The summed E-state index contributed by atoms with van der Waals surface area (Å²) in [4.78, 5) is 69.0. The molecule has 14 aromatic rings. The van der Waals surface area contributed by atoms with Crippen molar-refractivity contribution in [3.05, 3.63) is 247 Å². The topological polar surface area (TPSA) is 277 Å². The number of rotatable bonds is 21. The fourth-order valence-corrected chi connectivity index (χ4v) is 19.9. The van der Waals surface area contributed by atoms with Gasteiger partial charge in [-0.3, -0.25) is 47.9 Å². The molecule has 1 N–H and O–H groups in total. The number of fused-ring (bicyclic) bond motifs is 6. The van der Waals surface area contributed by atoms with E-state index in [0.717, 1.165) is 156 Å². The van der Waals surface area contributed by atoms with Crippen molar-refractivity contribution in [1.29, 1.82) is 0 Å². The highest BCUT2D eigenvalue weighted by Gasteiger charge is 2.52. The lowest BCUT2D eigenvalue weighted by molar-refractivity contribution is 0.00578. The van der Waals surface area contributed by atoms with Crippen molar-refractivity contribution in [3.63, 3.8) is 0 Å². The first kappa shape index (κ1) is 96.8. The highest BCUT2D eigenvalue weighted by atomic mass is 79.9. The lowest BCUT2D eigenvalue weighted by Crippen LogP contribution is -2.41. The molecule has 7 fully saturated rings. The normalized spacial score (nSPS) is 17.4. The molecule has 23 rings (SSSR count). The summed E-state index contributed by atoms with van der Waals surface area (Å²) in [5.74, 6) is 4.02. The SMILES string of the molecule is C=C(C)CBr.C=C(C)CN(CC1CC1)c1c(Br)nn(-c2ccc3nn(C)cc3c2)c(=O)c1Cl.CC1(C)OB(c2ccc(C3CC3)nc2)OC1(C)C.Cn1cc2cc(-n3nc(Br)c(NCC4CC4)c(Cl)c3=O)ccc2n1.Cn1cc2cc(-n3nc4c(c(-c5ccc(C6CC6)nc5)c3=O)N(CC3CC3)CC4(C)C)ccc2n1.Cn1cc2cc(-n3nc4c(c(Cl)c3=O)N(CC3CC3)CC4(C)C)ccc2n1. The van der Waals surface area contributed by atoms with Gasteiger partial charge in [0.25, 0.3) is 22.2 Å². The van der Waals surface area contributed by atoms with Crippen LogP contribution in [0, 0.1) is 23.7 Å². The Labute approximate surface area is 836 Å². The molecule has 3 aliphatic heterocycles. The van der Waals surface area contributed by atoms with Crippen LogP contribution in [0.2, 0.25) is 15.1 Å². The largest absolute Gasteiger partial charge is 0.496 e. The van der Waals surface area contributed by atoms with Crippen LogP contribution in [0.3, 0.4) is 0 Å². The van der Waals surface area contributed by atoms with E-state index in [2.05, 4.69) is 196 Å². The smallest absolute Gasteiger partial charge is 0.399 e. The van der Waals surface area contributed by atoms with E-state index in [4.69, 9.17) is 59.3 Å². The van der Waals surface area contributed by atoms with E-state index in [1.54, 1.807) is 23.4 Å². The van der Waals surface area contributed by atoms with Crippen molar-refractivity contribution in [2.24, 2.45) is 51.9 Å². The minimum atomic E-state index is -0.346. The number of hydrogen-bond donors (Lipinski definition) is 1. The van der Waals surface area contributed by atoms with Crippen molar-refractivity contribution < 1.29 is 9.31 Å². The fraction of sp³-hybridized carbons (Fsp3) is 0.431. The van der Waals surface area contributed by atoms with Crippen molar-refractivity contribution in [1.82, 2.24) is 88.2 Å². The van der Waals surface area contributed by atoms with Crippen LogP contribution in [0.5, 0.6) is 0 Å². The van der Waals surface area contributed by atoms with Crippen LogP contribution in [0.25, 0.3) is 77.5 Å². The summed E-state index contributed by atoms with van der Waals surface area (Å²) in [6.45, 7) is 34.6. The third-order valence-electron chi connectivity index (χ3n) is 26.7. The molecule has 0 radical (unpaired) electrons. The molecule has 6 aliphatic carbocycles. The van der Waals surface area contributed by atoms with Gasteiger partial charge in [0, 0.05) is 183 Å². The number of allylic oxidation sites excluding steroid dienone is 1. The summed E-state index contributed by atoms with van der Waals surface area (Å²) in [6.07, 6.45) is 26.4. The molecule has 0 bridgehead atoms. The van der Waals surface area contributed by atoms with E-state index < -0.39 is 0 Å². The maximum Gasteiger partial charge on any atom is 0.496 e. The van der Waals surface area contributed by atoms with E-state index in [1.807, 2.05) is 152 Å². The van der Waals surface area contributed by atoms with E-state index in [-0.39, 0.29) is 66.5 Å². The summed E-state index contributed by atoms with van der Waals surface area (Å²) in [6, 6.07) is 31.1. The predicted octanol–water partition coefficient (Wildman–Crippen LogP) is 19.7. The summed E-state index contributed by atoms with van der Waals surface area (Å²) >= 11 is 29.6. The van der Waals surface area contributed by atoms with Crippen LogP contribution in [0.15, 0.2) is 187 Å². The molecule has 0 atom stereocenters. The predicted molar refractivity (Wildman–Crippen MR) is 559 cm³/mol. The molecule has 0 spiro atoms. The Morgan fingerprint density at radius 3 is 1.27 bits per heavy atom. The molecular weight excluding hydrogens is 1990 g/mol. The summed E-state index contributed by atoms with van der Waals surface area (Å²) in [5, 5.41) is 44.8. The van der Waals surface area contributed by atoms with Crippen LogP contribution < -0.4 is 47.7 Å². The number of halogens is 6. The van der Waals surface area contributed by atoms with Crippen molar-refractivity contribution >= 4 is 162 Å². The zero-order valence-electron chi connectivity index (χ0n) is 79.9. The maximum atomic E-state index is 14.2. The Kier molecular flexibility index (Phi) is 27.3. The molecule has 0 amide bonds. The van der Waals surface area contributed by atoms with Crippen LogP contribution in [-0.2, 0) is 48.3 Å². The number of nitrogens with one attached hydrogen (secondary N) is 1. The average Bonchev–Trinajstić information content (AvgIpc) is 1.57. The molecule has 137 heavy (non-hydrogen) atoms. The second-order valence-corrected chi connectivity index (χ2v) is 44.0. The van der Waals surface area contributed by atoms with Gasteiger partial charge in [0.2, 0.25) is 0 Å². The minimum Gasteiger partial charge on any atom is -0.399 e. The fourth-order valence-electron chi connectivity index (χ4n) is 17.8. The zero-order valence-corrected chi connectivity index (χ0v) is 86.9. The van der Waals surface area contributed by atoms with Gasteiger partial charge in [-0.05, 0) is 259 Å². The molecule has 1 saturated heterocycles. The number of hydrogen-bond acceptors (Lipinski definition) is 20. The first-order valence-electron chi connectivity index (χ1n) is 47.1. The third kappa shape index (κ3) is 21.4. The molecule has 10 aromatic heterocycles. The minimum absolute atomic E-state index is 0.0912. The molecule has 714 valence electrons. The van der Waals surface area contributed by atoms with Crippen molar-refractivity contribution in [3.8, 4) is 33.9 Å². The van der Waals surface area contributed by atoms with E-state index in [9.17, 15) is 19.2 Å². The standard InChI is InChI=1S/C28H30N6O.C20H21BrClN5O.C20H22ClN5O.C16H15BrClN5O.C14H20BNO2.C4H7Br/c1-28(2)16-33(14-17-4-5-17)25-24(19-8-10-22(29-13-19)18-6-7-18)27(35)34(31-26(25)28)21-9-11-23-20(12-21)15-32(3)30-23;1-12(2)9-26(10-13-4-5-13)18-17(22)20(28)27(24-19(18)21)15-6-7-16-14(8-15)11-25(3)23-16;1-20(2)11-25(9-12-4-5-12)17-16(21)19(27)26(23-18(17)20)14-6-7-15-13(8-14)10-24(3)22-15;1-22-8-10-6-11(4-5-12(10)20-22)23-16(24)13(18)14(15(17)21-23)19-7-9-2-3-9;1-13(2)14(3,4)18-15(17-13)11-7-8-12(16-9-11)10-5-6-10;1-4(2)3-5/h8-13,15,17-18H,4-7,14,16H2,1-3H3;6-8,11,13H,1,4-5,9-10H2,2-3H3;6-8,10,12H,4-5,9,11H2,1-3H3;4-6,8-9,19H,2-3,7H2,1H3;7-10H,5-6H2,1-4H3;1,3H2,2H3. The molecule has 28 nitrogen and oxygen atoms in total. The second kappa shape index (κ2) is 38.6.